The first-order valence-electron chi connectivity index (χ1n) is 20.7. The number of piperidine rings is 1. The Balaban J connectivity index is 0.974. The minimum absolute atomic E-state index is 0.573. The van der Waals surface area contributed by atoms with Gasteiger partial charge in [-0.25, -0.2) is 0 Å². The summed E-state index contributed by atoms with van der Waals surface area (Å²) in [6.45, 7) is 2.61. The van der Waals surface area contributed by atoms with E-state index in [1.807, 2.05) is 0 Å². The second-order valence-corrected chi connectivity index (χ2v) is 20.2. The topological polar surface area (TPSA) is 42.6 Å². The van der Waals surface area contributed by atoms with Crippen LogP contribution in [0.5, 0.6) is 0 Å². The van der Waals surface area contributed by atoms with Crippen LogP contribution >= 0.6 is 11.8 Å². The number of rotatable bonds is 0. The molecule has 5 saturated carbocycles. The van der Waals surface area contributed by atoms with Crippen LogP contribution in [0.15, 0.2) is 0 Å². The minimum atomic E-state index is 0.573. The van der Waals surface area contributed by atoms with E-state index in [0.29, 0.717) is 6.17 Å². The normalized spacial score (nSPS) is 58.9. The zero-order valence-corrected chi connectivity index (χ0v) is 28.9. The Morgan fingerprint density at radius 2 is 1.13 bits per heavy atom. The van der Waals surface area contributed by atoms with Crippen LogP contribution in [0.25, 0.3) is 0 Å². The summed E-state index contributed by atoms with van der Waals surface area (Å²) in [6.07, 6.45) is 29.1. The first-order valence-corrected chi connectivity index (χ1v) is 21.7. The summed E-state index contributed by atoms with van der Waals surface area (Å²) in [5.74, 6) is 6.62. The smallest absolute Gasteiger partial charge is 0.0603 e. The Bertz CT molecular complexity index is 1020. The quantitative estimate of drug-likeness (QED) is 0.305. The molecule has 250 valence electrons. The van der Waals surface area contributed by atoms with Gasteiger partial charge in [0.1, 0.15) is 0 Å². The maximum atomic E-state index is 4.41. The van der Waals surface area contributed by atoms with Crippen molar-refractivity contribution in [3.63, 3.8) is 0 Å². The molecule has 0 aromatic rings. The molecule has 14 aliphatic rings. The third-order valence-electron chi connectivity index (χ3n) is 17.2. The van der Waals surface area contributed by atoms with E-state index in [2.05, 4.69) is 37.5 Å². The maximum Gasteiger partial charge on any atom is 0.0603 e. The van der Waals surface area contributed by atoms with Crippen molar-refractivity contribution in [1.82, 2.24) is 25.8 Å². The molecule has 9 saturated heterocycles. The first kappa shape index (κ1) is 28.9. The van der Waals surface area contributed by atoms with Gasteiger partial charge in [-0.05, 0) is 138 Å². The zero-order chi connectivity index (χ0) is 29.2. The van der Waals surface area contributed by atoms with Crippen LogP contribution in [-0.2, 0) is 0 Å². The summed E-state index contributed by atoms with van der Waals surface area (Å²) < 4.78 is 0. The molecule has 14 rings (SSSR count). The fraction of sp³-hybridized carbons (Fsp3) is 1.00. The van der Waals surface area contributed by atoms with E-state index in [1.165, 1.54) is 116 Å². The second-order valence-electron chi connectivity index (χ2n) is 18.7. The second kappa shape index (κ2) is 11.3. The first-order chi connectivity index (χ1) is 22.3. The van der Waals surface area contributed by atoms with Crippen molar-refractivity contribution in [2.75, 3.05) is 13.1 Å². The lowest BCUT2D eigenvalue weighted by molar-refractivity contribution is -0.0238. The fourth-order valence-corrected chi connectivity index (χ4v) is 17.4. The van der Waals surface area contributed by atoms with Crippen molar-refractivity contribution in [2.24, 2.45) is 41.4 Å². The third kappa shape index (κ3) is 4.42. The van der Waals surface area contributed by atoms with Gasteiger partial charge in [0.15, 0.2) is 0 Å². The van der Waals surface area contributed by atoms with E-state index in [0.717, 1.165) is 100 Å². The molecule has 14 unspecified atom stereocenters. The molecule has 6 heteroatoms. The number of hydrogen-bond donors (Lipinski definition) is 3. The van der Waals surface area contributed by atoms with Crippen LogP contribution in [0.3, 0.4) is 0 Å². The summed E-state index contributed by atoms with van der Waals surface area (Å²) in [7, 11) is 0. The van der Waals surface area contributed by atoms with Crippen LogP contribution in [0.2, 0.25) is 0 Å². The number of nitrogens with zero attached hydrogens (tertiary/aromatic N) is 2. The van der Waals surface area contributed by atoms with E-state index < -0.39 is 0 Å². The van der Waals surface area contributed by atoms with Gasteiger partial charge in [-0.2, -0.15) is 11.8 Å². The van der Waals surface area contributed by atoms with Crippen molar-refractivity contribution >= 4 is 11.8 Å². The van der Waals surface area contributed by atoms with E-state index in [9.17, 15) is 0 Å². The van der Waals surface area contributed by atoms with Crippen molar-refractivity contribution in [1.29, 1.82) is 0 Å². The SMILES string of the molecule is C1CCC2C(C1)C1CNC3C4CCCCC4N4C5CCC(CC5)C5NCC6SC7CCC(CC7C6N5)C5CCC(CC5)N2C1C34. The van der Waals surface area contributed by atoms with Gasteiger partial charge in [0.05, 0.1) is 6.17 Å². The molecule has 45 heavy (non-hydrogen) atoms. The number of thioether (sulfide) groups is 1. The lowest BCUT2D eigenvalue weighted by Gasteiger charge is -2.52. The molecule has 14 atom stereocenters. The number of fused-ring (bicyclic) bond motifs is 4. The monoisotopic (exact) mass is 633 g/mol. The molecule has 0 aromatic carbocycles. The van der Waals surface area contributed by atoms with E-state index in [4.69, 9.17) is 0 Å². The van der Waals surface area contributed by atoms with Crippen LogP contribution < -0.4 is 16.0 Å². The van der Waals surface area contributed by atoms with Gasteiger partial charge < -0.3 is 10.6 Å². The summed E-state index contributed by atoms with van der Waals surface area (Å²) in [5.41, 5.74) is 0. The van der Waals surface area contributed by atoms with Crippen LogP contribution in [0.4, 0.5) is 0 Å². The highest BCUT2D eigenvalue weighted by atomic mass is 32.2. The standard InChI is InChI=1S/C39H63N5S/c1-3-7-31-27(5-1)30-20-40-36-28-6-2-4-8-32(28)44-26-16-11-23(12-17-26)39-41-21-34-35(42-39)29-19-24(13-18-33(29)45-34)22-9-14-25(15-10-22)43(31)37(30)38(36)44/h22-42H,1-21H2. The Morgan fingerprint density at radius 3 is 1.93 bits per heavy atom. The van der Waals surface area contributed by atoms with E-state index in [1.54, 1.807) is 19.3 Å². The lowest BCUT2D eigenvalue weighted by atomic mass is 9.67. The number of hydrogen-bond acceptors (Lipinski definition) is 6. The van der Waals surface area contributed by atoms with E-state index >= 15 is 0 Å². The van der Waals surface area contributed by atoms with Gasteiger partial charge in [-0.15, -0.1) is 0 Å². The van der Waals surface area contributed by atoms with Crippen LogP contribution in [0.1, 0.15) is 122 Å². The molecule has 3 N–H and O–H groups in total. The highest BCUT2D eigenvalue weighted by Gasteiger charge is 2.64. The molecule has 0 aromatic heterocycles. The molecular weight excluding hydrogens is 571 g/mol. The average molecular weight is 634 g/mol. The molecule has 14 fully saturated rings. The molecular formula is C39H63N5S. The summed E-state index contributed by atoms with van der Waals surface area (Å²) >= 11 is 2.40. The molecule has 5 nitrogen and oxygen atoms in total. The average Bonchev–Trinajstić information content (AvgIpc) is 3.75. The van der Waals surface area contributed by atoms with Gasteiger partial charge in [0.2, 0.25) is 0 Å². The predicted octanol–water partition coefficient (Wildman–Crippen LogP) is 5.98. The van der Waals surface area contributed by atoms with Crippen LogP contribution in [-0.4, -0.2) is 87.9 Å². The maximum absolute atomic E-state index is 4.41. The predicted molar refractivity (Wildman–Crippen MR) is 184 cm³/mol. The summed E-state index contributed by atoms with van der Waals surface area (Å²) in [6, 6.07) is 6.68. The summed E-state index contributed by atoms with van der Waals surface area (Å²) in [5, 5.41) is 14.7. The van der Waals surface area contributed by atoms with Gasteiger partial charge >= 0.3 is 0 Å². The Kier molecular flexibility index (Phi) is 7.29. The molecule has 0 amide bonds. The Morgan fingerprint density at radius 1 is 0.467 bits per heavy atom. The molecule has 8 bridgehead atoms. The summed E-state index contributed by atoms with van der Waals surface area (Å²) in [4.78, 5) is 6.73. The molecule has 9 heterocycles. The zero-order valence-electron chi connectivity index (χ0n) is 28.0. The molecule has 0 spiro atoms. The van der Waals surface area contributed by atoms with Gasteiger partial charge in [-0.1, -0.05) is 25.7 Å². The highest BCUT2D eigenvalue weighted by molar-refractivity contribution is 8.00. The van der Waals surface area contributed by atoms with Crippen molar-refractivity contribution in [2.45, 2.75) is 187 Å². The largest absolute Gasteiger partial charge is 0.312 e. The van der Waals surface area contributed by atoms with Gasteiger partial charge in [0.25, 0.3) is 0 Å². The van der Waals surface area contributed by atoms with Gasteiger partial charge in [-0.3, -0.25) is 15.1 Å². The Labute approximate surface area is 278 Å². The third-order valence-corrected chi connectivity index (χ3v) is 19.0. The van der Waals surface area contributed by atoms with Gasteiger partial charge in [0, 0.05) is 71.9 Å². The van der Waals surface area contributed by atoms with Crippen molar-refractivity contribution in [3.05, 3.63) is 0 Å². The van der Waals surface area contributed by atoms with Crippen LogP contribution in [0, 0.1) is 41.4 Å². The molecule has 5 aliphatic carbocycles. The minimum Gasteiger partial charge on any atom is -0.312 e. The molecule has 0 radical (unpaired) electrons. The van der Waals surface area contributed by atoms with Crippen molar-refractivity contribution < 1.29 is 0 Å². The fourth-order valence-electron chi connectivity index (χ4n) is 15.6. The lowest BCUT2D eigenvalue weighted by Crippen LogP contribution is -2.66. The number of nitrogens with one attached hydrogen (secondary N) is 3. The Hall–Kier alpha value is 0.150. The van der Waals surface area contributed by atoms with E-state index in [-0.39, 0.29) is 0 Å². The molecule has 9 aliphatic heterocycles. The van der Waals surface area contributed by atoms with Crippen molar-refractivity contribution in [3.8, 4) is 0 Å². The highest BCUT2D eigenvalue weighted by Crippen LogP contribution is 2.57.